The van der Waals surface area contributed by atoms with Gasteiger partial charge in [-0.1, -0.05) is 18.2 Å². The zero-order valence-electron chi connectivity index (χ0n) is 12.6. The van der Waals surface area contributed by atoms with E-state index in [-0.39, 0.29) is 0 Å². The van der Waals surface area contributed by atoms with Gasteiger partial charge in [-0.05, 0) is 49.2 Å². The van der Waals surface area contributed by atoms with Crippen LogP contribution in [0.25, 0.3) is 0 Å². The molecule has 0 N–H and O–H groups in total. The van der Waals surface area contributed by atoms with Gasteiger partial charge in [0.15, 0.2) is 0 Å². The highest BCUT2D eigenvalue weighted by Crippen LogP contribution is 2.31. The molecule has 0 aromatic heterocycles. The minimum Gasteiger partial charge on any atom is -0.497 e. The molecule has 0 radical (unpaired) electrons. The van der Waals surface area contributed by atoms with Gasteiger partial charge in [0.05, 0.1) is 13.7 Å². The van der Waals surface area contributed by atoms with Crippen LogP contribution in [-0.4, -0.2) is 26.3 Å². The van der Waals surface area contributed by atoms with E-state index >= 15 is 0 Å². The monoisotopic (exact) mass is 283 g/mol. The second-order valence-electron chi connectivity index (χ2n) is 5.40. The molecule has 2 aromatic carbocycles. The van der Waals surface area contributed by atoms with Crippen molar-refractivity contribution >= 4 is 5.69 Å². The molecule has 110 valence electrons. The average molecular weight is 283 g/mol. The zero-order valence-corrected chi connectivity index (χ0v) is 12.6. The van der Waals surface area contributed by atoms with E-state index in [2.05, 4.69) is 36.1 Å². The molecule has 21 heavy (non-hydrogen) atoms. The van der Waals surface area contributed by atoms with Crippen LogP contribution in [-0.2, 0) is 6.42 Å². The third-order valence-electron chi connectivity index (χ3n) is 4.01. The minimum absolute atomic E-state index is 0.543. The Morgan fingerprint density at radius 1 is 1.05 bits per heavy atom. The lowest BCUT2D eigenvalue weighted by Crippen LogP contribution is -2.33. The van der Waals surface area contributed by atoms with Gasteiger partial charge in [0.25, 0.3) is 0 Å². The minimum atomic E-state index is 0.543. The fourth-order valence-electron chi connectivity index (χ4n) is 2.90. The lowest BCUT2D eigenvalue weighted by molar-refractivity contribution is 0.320. The number of rotatable bonds is 5. The maximum Gasteiger partial charge on any atom is 0.119 e. The topological polar surface area (TPSA) is 21.7 Å². The number of ether oxygens (including phenoxy) is 2. The molecule has 1 atom stereocenters. The molecule has 3 nitrogen and oxygen atoms in total. The summed E-state index contributed by atoms with van der Waals surface area (Å²) in [4.78, 5) is 2.43. The van der Waals surface area contributed by atoms with Crippen molar-refractivity contribution in [2.45, 2.75) is 19.4 Å². The van der Waals surface area contributed by atoms with E-state index in [4.69, 9.17) is 9.47 Å². The average Bonchev–Trinajstić information content (AvgIpc) is 2.84. The number of anilines is 1. The van der Waals surface area contributed by atoms with E-state index < -0.39 is 0 Å². The number of hydrogen-bond donors (Lipinski definition) is 0. The van der Waals surface area contributed by atoms with Crippen molar-refractivity contribution in [2.24, 2.45) is 0 Å². The summed E-state index contributed by atoms with van der Waals surface area (Å²) in [6.45, 7) is 3.86. The van der Waals surface area contributed by atoms with Crippen LogP contribution in [0.4, 0.5) is 5.69 Å². The van der Waals surface area contributed by atoms with Gasteiger partial charge in [0.1, 0.15) is 18.1 Å². The number of benzene rings is 2. The van der Waals surface area contributed by atoms with Gasteiger partial charge >= 0.3 is 0 Å². The van der Waals surface area contributed by atoms with Crippen LogP contribution < -0.4 is 14.4 Å². The van der Waals surface area contributed by atoms with Gasteiger partial charge < -0.3 is 14.4 Å². The van der Waals surface area contributed by atoms with E-state index in [1.807, 2.05) is 24.3 Å². The van der Waals surface area contributed by atoms with Crippen LogP contribution in [0.3, 0.4) is 0 Å². The SMILES string of the molecule is COc1ccc(OCCN2c3ccccc3CC2C)cc1. The predicted octanol–water partition coefficient (Wildman–Crippen LogP) is 3.53. The number of hydrogen-bond acceptors (Lipinski definition) is 3. The van der Waals surface area contributed by atoms with Crippen molar-refractivity contribution < 1.29 is 9.47 Å². The molecule has 0 fully saturated rings. The molecular formula is C18H21NO2. The van der Waals surface area contributed by atoms with Gasteiger partial charge in [-0.25, -0.2) is 0 Å². The van der Waals surface area contributed by atoms with Crippen LogP contribution in [0.5, 0.6) is 11.5 Å². The Bertz CT molecular complexity index is 594. The normalized spacial score (nSPS) is 16.7. The summed E-state index contributed by atoms with van der Waals surface area (Å²) < 4.78 is 11.0. The Morgan fingerprint density at radius 3 is 2.52 bits per heavy atom. The molecule has 1 heterocycles. The van der Waals surface area contributed by atoms with Crippen molar-refractivity contribution in [3.63, 3.8) is 0 Å². The maximum absolute atomic E-state index is 5.83. The number of nitrogens with zero attached hydrogens (tertiary/aromatic N) is 1. The van der Waals surface area contributed by atoms with Gasteiger partial charge in [0, 0.05) is 11.7 Å². The fraction of sp³-hybridized carbons (Fsp3) is 0.333. The summed E-state index contributed by atoms with van der Waals surface area (Å²) >= 11 is 0. The summed E-state index contributed by atoms with van der Waals surface area (Å²) in [5.74, 6) is 1.74. The molecule has 0 amide bonds. The molecule has 1 aliphatic heterocycles. The van der Waals surface area contributed by atoms with Crippen LogP contribution in [0.15, 0.2) is 48.5 Å². The highest BCUT2D eigenvalue weighted by Gasteiger charge is 2.24. The molecule has 0 saturated carbocycles. The van der Waals surface area contributed by atoms with Gasteiger partial charge in [-0.3, -0.25) is 0 Å². The maximum atomic E-state index is 5.83. The fourth-order valence-corrected chi connectivity index (χ4v) is 2.90. The van der Waals surface area contributed by atoms with Crippen LogP contribution in [0.1, 0.15) is 12.5 Å². The highest BCUT2D eigenvalue weighted by atomic mass is 16.5. The molecule has 0 saturated heterocycles. The van der Waals surface area contributed by atoms with Crippen LogP contribution in [0.2, 0.25) is 0 Å². The summed E-state index contributed by atoms with van der Waals surface area (Å²) in [6, 6.07) is 16.9. The van der Waals surface area contributed by atoms with E-state index in [1.54, 1.807) is 7.11 Å². The first kappa shape index (κ1) is 13.8. The Morgan fingerprint density at radius 2 is 1.76 bits per heavy atom. The van der Waals surface area contributed by atoms with Crippen molar-refractivity contribution in [3.05, 3.63) is 54.1 Å². The molecular weight excluding hydrogens is 262 g/mol. The first-order valence-corrected chi connectivity index (χ1v) is 7.39. The van der Waals surface area contributed by atoms with Crippen molar-refractivity contribution in [2.75, 3.05) is 25.2 Å². The van der Waals surface area contributed by atoms with Gasteiger partial charge in [0.2, 0.25) is 0 Å². The molecule has 3 heteroatoms. The Hall–Kier alpha value is -2.16. The number of methoxy groups -OCH3 is 1. The smallest absolute Gasteiger partial charge is 0.119 e. The standard InChI is InChI=1S/C18H21NO2/c1-14-13-15-5-3-4-6-18(15)19(14)11-12-21-17-9-7-16(20-2)8-10-17/h3-10,14H,11-13H2,1-2H3. The third kappa shape index (κ3) is 2.97. The van der Waals surface area contributed by atoms with E-state index in [1.165, 1.54) is 11.3 Å². The first-order chi connectivity index (χ1) is 10.3. The quantitative estimate of drug-likeness (QED) is 0.838. The van der Waals surface area contributed by atoms with Crippen LogP contribution in [0, 0.1) is 0 Å². The lowest BCUT2D eigenvalue weighted by atomic mass is 10.1. The molecule has 2 aromatic rings. The Labute approximate surface area is 126 Å². The molecule has 0 bridgehead atoms. The van der Waals surface area contributed by atoms with Crippen molar-refractivity contribution in [3.8, 4) is 11.5 Å². The van der Waals surface area contributed by atoms with Crippen LogP contribution >= 0.6 is 0 Å². The molecule has 1 unspecified atom stereocenters. The largest absolute Gasteiger partial charge is 0.497 e. The first-order valence-electron chi connectivity index (χ1n) is 7.39. The van der Waals surface area contributed by atoms with Gasteiger partial charge in [-0.15, -0.1) is 0 Å². The lowest BCUT2D eigenvalue weighted by Gasteiger charge is -2.24. The van der Waals surface area contributed by atoms with Gasteiger partial charge in [-0.2, -0.15) is 0 Å². The van der Waals surface area contributed by atoms with Crippen molar-refractivity contribution in [1.82, 2.24) is 0 Å². The third-order valence-corrected chi connectivity index (χ3v) is 4.01. The zero-order chi connectivity index (χ0) is 14.7. The molecule has 3 rings (SSSR count). The second kappa shape index (κ2) is 6.08. The number of fused-ring (bicyclic) bond motifs is 1. The summed E-state index contributed by atoms with van der Waals surface area (Å²) in [5, 5.41) is 0. The summed E-state index contributed by atoms with van der Waals surface area (Å²) in [5.41, 5.74) is 2.79. The Balaban J connectivity index is 1.58. The molecule has 0 aliphatic carbocycles. The highest BCUT2D eigenvalue weighted by molar-refractivity contribution is 5.59. The summed E-state index contributed by atoms with van der Waals surface area (Å²) in [6.07, 6.45) is 1.12. The second-order valence-corrected chi connectivity index (χ2v) is 5.40. The molecule has 0 spiro atoms. The molecule has 1 aliphatic rings. The van der Waals surface area contributed by atoms with Crippen molar-refractivity contribution in [1.29, 1.82) is 0 Å². The predicted molar refractivity (Wildman–Crippen MR) is 85.4 cm³/mol. The van der Waals surface area contributed by atoms with E-state index in [0.717, 1.165) is 24.5 Å². The van der Waals surface area contributed by atoms with E-state index in [0.29, 0.717) is 12.6 Å². The summed E-state index contributed by atoms with van der Waals surface area (Å²) in [7, 11) is 1.67. The number of para-hydroxylation sites is 1. The Kier molecular flexibility index (Phi) is 4.00. The van der Waals surface area contributed by atoms with E-state index in [9.17, 15) is 0 Å².